The van der Waals surface area contributed by atoms with E-state index >= 15 is 0 Å². The van der Waals surface area contributed by atoms with Gasteiger partial charge in [0.1, 0.15) is 12.4 Å². The van der Waals surface area contributed by atoms with Crippen molar-refractivity contribution in [3.05, 3.63) is 18.7 Å². The fourth-order valence-corrected chi connectivity index (χ4v) is 0.751. The Bertz CT molecular complexity index is 361. The number of carbonyl (C=O) groups is 1. The number of nitrogens with zero attached hydrogens (tertiary/aromatic N) is 2. The molecule has 0 amide bonds. The molecule has 0 unspecified atom stereocenters. The van der Waals surface area contributed by atoms with Crippen LogP contribution in [0.4, 0.5) is 0 Å². The molecule has 1 aromatic heterocycles. The average molecular weight is 238 g/mol. The van der Waals surface area contributed by atoms with Crippen molar-refractivity contribution in [3.63, 3.8) is 0 Å². The molecular formula is C6H11N2O6P. The summed E-state index contributed by atoms with van der Waals surface area (Å²) in [6.07, 6.45) is 5.23. The van der Waals surface area contributed by atoms with Crippen molar-refractivity contribution >= 4 is 13.8 Å². The second-order valence-corrected chi connectivity index (χ2v) is 3.62. The predicted octanol–water partition coefficient (Wildman–Crippen LogP) is -2.16. The zero-order chi connectivity index (χ0) is 12.1. The van der Waals surface area contributed by atoms with Crippen molar-refractivity contribution in [1.29, 1.82) is 0 Å². The highest BCUT2D eigenvalue weighted by atomic mass is 31.2. The summed E-state index contributed by atoms with van der Waals surface area (Å²) in [6.45, 7) is 0.0286. The molecule has 1 heterocycles. The van der Waals surface area contributed by atoms with E-state index in [1.54, 1.807) is 27.9 Å². The number of phosphoric acid groups is 1. The topological polar surface area (TPSA) is 127 Å². The molecule has 1 aromatic rings. The quantitative estimate of drug-likeness (QED) is 0.397. The van der Waals surface area contributed by atoms with E-state index < -0.39 is 13.8 Å². The lowest BCUT2D eigenvalue weighted by molar-refractivity contribution is -0.671. The van der Waals surface area contributed by atoms with Crippen molar-refractivity contribution in [2.75, 3.05) is 0 Å². The molecule has 1 rings (SSSR count). The van der Waals surface area contributed by atoms with Gasteiger partial charge in [-0.3, -0.25) is 4.57 Å². The number of aryl methyl sites for hydroxylation is 1. The summed E-state index contributed by atoms with van der Waals surface area (Å²) < 4.78 is 12.2. The van der Waals surface area contributed by atoms with Gasteiger partial charge in [0.05, 0.1) is 7.05 Å². The summed E-state index contributed by atoms with van der Waals surface area (Å²) in [4.78, 5) is 33.1. The number of carboxylic acids is 1. The molecular weight excluding hydrogens is 227 g/mol. The molecule has 0 aliphatic rings. The minimum Gasteiger partial charge on any atom is -0.756 e. The highest BCUT2D eigenvalue weighted by Gasteiger charge is 2.03. The molecule has 0 aliphatic carbocycles. The third-order valence-corrected chi connectivity index (χ3v) is 1.14. The first-order chi connectivity index (χ1) is 6.68. The van der Waals surface area contributed by atoms with Gasteiger partial charge in [-0.2, -0.15) is 0 Å². The Morgan fingerprint density at radius 3 is 2.33 bits per heavy atom. The van der Waals surface area contributed by atoms with Gasteiger partial charge in [0.2, 0.25) is 6.33 Å². The van der Waals surface area contributed by atoms with Crippen LogP contribution in [0.25, 0.3) is 0 Å². The summed E-state index contributed by atoms with van der Waals surface area (Å²) in [5.74, 6) is -0.823. The summed E-state index contributed by atoms with van der Waals surface area (Å²) in [7, 11) is -3.04. The molecule has 0 spiro atoms. The molecule has 8 nitrogen and oxygen atoms in total. The third-order valence-electron chi connectivity index (χ3n) is 1.14. The summed E-state index contributed by atoms with van der Waals surface area (Å²) in [6, 6.07) is 0. The molecule has 0 fully saturated rings. The predicted molar refractivity (Wildman–Crippen MR) is 45.3 cm³/mol. The fraction of sp³-hybridized carbons (Fsp3) is 0.333. The van der Waals surface area contributed by atoms with Crippen molar-refractivity contribution in [2.24, 2.45) is 7.05 Å². The van der Waals surface area contributed by atoms with Crippen LogP contribution >= 0.6 is 7.82 Å². The minimum atomic E-state index is -4.89. The SMILES string of the molecule is C[n+]1ccn(CC(=O)O)c1.O=P([O-])(O)O. The van der Waals surface area contributed by atoms with Gasteiger partial charge in [0, 0.05) is 0 Å². The molecule has 3 N–H and O–H groups in total. The van der Waals surface area contributed by atoms with E-state index in [1.165, 1.54) is 0 Å². The Morgan fingerprint density at radius 2 is 2.07 bits per heavy atom. The minimum absolute atomic E-state index is 0.0286. The molecule has 0 saturated carbocycles. The molecule has 0 bridgehead atoms. The number of aromatic nitrogens is 2. The van der Waals surface area contributed by atoms with Gasteiger partial charge in [-0.15, -0.1) is 0 Å². The Morgan fingerprint density at radius 1 is 1.60 bits per heavy atom. The van der Waals surface area contributed by atoms with E-state index in [2.05, 4.69) is 0 Å². The fourth-order valence-electron chi connectivity index (χ4n) is 0.751. The van der Waals surface area contributed by atoms with Crippen LogP contribution in [0.5, 0.6) is 0 Å². The van der Waals surface area contributed by atoms with Crippen molar-refractivity contribution in [1.82, 2.24) is 4.57 Å². The van der Waals surface area contributed by atoms with Crippen molar-refractivity contribution in [2.45, 2.75) is 6.54 Å². The standard InChI is InChI=1S/C6H8N2O2.H3O4P/c1-7-2-3-8(5-7)4-6(9)10;1-5(2,3)4/h2-3,5H,4H2,1H3;(H3,1,2,3,4). The Kier molecular flexibility index (Phi) is 5.16. The molecule has 0 aromatic carbocycles. The molecule has 86 valence electrons. The van der Waals surface area contributed by atoms with Gasteiger partial charge in [-0.1, -0.05) is 0 Å². The number of aliphatic carboxylic acids is 1. The first-order valence-corrected chi connectivity index (χ1v) is 5.21. The van der Waals surface area contributed by atoms with Crippen LogP contribution in [0.3, 0.4) is 0 Å². The maximum Gasteiger partial charge on any atom is 0.346 e. The maximum absolute atomic E-state index is 10.1. The number of rotatable bonds is 2. The number of hydrogen-bond acceptors (Lipinski definition) is 3. The molecule has 0 atom stereocenters. The van der Waals surface area contributed by atoms with Gasteiger partial charge in [0.25, 0.3) is 7.82 Å². The number of carboxylic acid groups (broad SMARTS) is 1. The first-order valence-electron chi connectivity index (χ1n) is 3.68. The Hall–Kier alpha value is -1.21. The van der Waals surface area contributed by atoms with Crippen LogP contribution in [-0.2, 0) is 23.0 Å². The van der Waals surface area contributed by atoms with Crippen molar-refractivity contribution < 1.29 is 33.7 Å². The van der Waals surface area contributed by atoms with E-state index in [1.807, 2.05) is 7.05 Å². The van der Waals surface area contributed by atoms with Gasteiger partial charge in [0.15, 0.2) is 6.54 Å². The van der Waals surface area contributed by atoms with Crippen LogP contribution < -0.4 is 9.46 Å². The van der Waals surface area contributed by atoms with E-state index in [0.29, 0.717) is 0 Å². The zero-order valence-corrected chi connectivity index (χ0v) is 8.74. The van der Waals surface area contributed by atoms with Gasteiger partial charge < -0.3 is 19.8 Å². The average Bonchev–Trinajstić information content (AvgIpc) is 2.29. The lowest BCUT2D eigenvalue weighted by atomic mass is 10.6. The monoisotopic (exact) mass is 238 g/mol. The van der Waals surface area contributed by atoms with Crippen molar-refractivity contribution in [3.8, 4) is 0 Å². The molecule has 15 heavy (non-hydrogen) atoms. The Labute approximate surface area is 85.3 Å². The third kappa shape index (κ3) is 10.7. The normalized spacial score (nSPS) is 10.4. The second kappa shape index (κ2) is 5.62. The summed E-state index contributed by atoms with van der Waals surface area (Å²) in [5, 5.41) is 8.35. The summed E-state index contributed by atoms with van der Waals surface area (Å²) >= 11 is 0. The Balaban J connectivity index is 0.000000336. The van der Waals surface area contributed by atoms with Crippen LogP contribution in [0.1, 0.15) is 0 Å². The number of hydrogen-bond donors (Lipinski definition) is 3. The maximum atomic E-state index is 10.1. The van der Waals surface area contributed by atoms with Gasteiger partial charge >= 0.3 is 5.97 Å². The van der Waals surface area contributed by atoms with Gasteiger partial charge in [-0.25, -0.2) is 13.9 Å². The van der Waals surface area contributed by atoms with Crippen LogP contribution in [0.2, 0.25) is 0 Å². The first kappa shape index (κ1) is 13.8. The molecule has 0 aliphatic heterocycles. The van der Waals surface area contributed by atoms with Crippen LogP contribution in [0, 0.1) is 0 Å². The number of imidazole rings is 1. The van der Waals surface area contributed by atoms with E-state index in [9.17, 15) is 4.79 Å². The highest BCUT2D eigenvalue weighted by molar-refractivity contribution is 7.43. The van der Waals surface area contributed by atoms with E-state index in [0.717, 1.165) is 0 Å². The lowest BCUT2D eigenvalue weighted by Gasteiger charge is -2.01. The van der Waals surface area contributed by atoms with Gasteiger partial charge in [-0.05, 0) is 0 Å². The zero-order valence-electron chi connectivity index (χ0n) is 7.85. The molecule has 9 heteroatoms. The lowest BCUT2D eigenvalue weighted by Crippen LogP contribution is -2.24. The molecule has 0 saturated heterocycles. The molecule has 0 radical (unpaired) electrons. The smallest absolute Gasteiger partial charge is 0.346 e. The summed E-state index contributed by atoms with van der Waals surface area (Å²) in [5.41, 5.74) is 0. The van der Waals surface area contributed by atoms with Crippen LogP contribution in [-0.4, -0.2) is 25.4 Å². The highest BCUT2D eigenvalue weighted by Crippen LogP contribution is 2.18. The second-order valence-electron chi connectivity index (χ2n) is 2.64. The van der Waals surface area contributed by atoms with Crippen LogP contribution in [0.15, 0.2) is 18.7 Å². The largest absolute Gasteiger partial charge is 0.756 e. The van der Waals surface area contributed by atoms with E-state index in [-0.39, 0.29) is 6.54 Å². The van der Waals surface area contributed by atoms with E-state index in [4.69, 9.17) is 24.4 Å².